The molecule has 0 bridgehead atoms. The molecule has 1 aliphatic carbocycles. The third-order valence-electron chi connectivity index (χ3n) is 3.96. The number of carbonyl (C=O) groups excluding carboxylic acids is 1. The molecule has 4 nitrogen and oxygen atoms in total. The Hall–Kier alpha value is -1.55. The van der Waals surface area contributed by atoms with Crippen LogP contribution in [0.2, 0.25) is 0 Å². The Morgan fingerprint density at radius 1 is 1.45 bits per heavy atom. The summed E-state index contributed by atoms with van der Waals surface area (Å²) in [4.78, 5) is 12.1. The molecular weight excluding hydrogens is 252 g/mol. The van der Waals surface area contributed by atoms with Gasteiger partial charge in [0.05, 0.1) is 12.1 Å². The molecule has 1 aromatic carbocycles. The minimum Gasteiger partial charge on any atom is -0.491 e. The van der Waals surface area contributed by atoms with Crippen molar-refractivity contribution in [2.75, 3.05) is 19.7 Å². The highest BCUT2D eigenvalue weighted by Gasteiger charge is 2.32. The van der Waals surface area contributed by atoms with E-state index in [-0.39, 0.29) is 5.91 Å². The van der Waals surface area contributed by atoms with E-state index in [0.29, 0.717) is 36.4 Å². The van der Waals surface area contributed by atoms with Crippen molar-refractivity contribution in [3.05, 3.63) is 29.3 Å². The molecule has 1 saturated carbocycles. The van der Waals surface area contributed by atoms with Crippen LogP contribution in [0.15, 0.2) is 18.2 Å². The number of hydrogen-bond donors (Lipinski definition) is 2. The van der Waals surface area contributed by atoms with E-state index in [9.17, 15) is 4.79 Å². The number of benzene rings is 1. The zero-order valence-corrected chi connectivity index (χ0v) is 11.9. The quantitative estimate of drug-likeness (QED) is 0.866. The van der Waals surface area contributed by atoms with Gasteiger partial charge < -0.3 is 15.4 Å². The molecule has 108 valence electrons. The number of ether oxygens (including phenoxy) is 1. The standard InChI is InChI=1S/C16H22N2O2/c1-2-7-17-15(11-3-4-11)12-5-6-14-13(10-12)16(19)18-8-9-20-14/h5-6,10-11,15,17H,2-4,7-9H2,1H3,(H,18,19). The van der Waals surface area contributed by atoms with E-state index in [1.54, 1.807) is 0 Å². The molecule has 1 aromatic rings. The molecular formula is C16H22N2O2. The largest absolute Gasteiger partial charge is 0.491 e. The van der Waals surface area contributed by atoms with Crippen molar-refractivity contribution in [1.82, 2.24) is 10.6 Å². The number of nitrogens with one attached hydrogen (secondary N) is 2. The van der Waals surface area contributed by atoms with Crippen molar-refractivity contribution in [2.24, 2.45) is 5.92 Å². The molecule has 20 heavy (non-hydrogen) atoms. The summed E-state index contributed by atoms with van der Waals surface area (Å²) in [5, 5.41) is 6.48. The molecule has 1 atom stereocenters. The normalized spacial score (nSPS) is 19.6. The van der Waals surface area contributed by atoms with Gasteiger partial charge >= 0.3 is 0 Å². The predicted octanol–water partition coefficient (Wildman–Crippen LogP) is 2.26. The summed E-state index contributed by atoms with van der Waals surface area (Å²) in [6.45, 7) is 4.30. The lowest BCUT2D eigenvalue weighted by molar-refractivity contribution is 0.0957. The van der Waals surface area contributed by atoms with E-state index in [2.05, 4.69) is 23.6 Å². The van der Waals surface area contributed by atoms with Crippen molar-refractivity contribution in [3.8, 4) is 5.75 Å². The molecule has 1 heterocycles. The molecule has 0 spiro atoms. The van der Waals surface area contributed by atoms with Gasteiger partial charge in [-0.25, -0.2) is 0 Å². The number of amides is 1. The monoisotopic (exact) mass is 274 g/mol. The topological polar surface area (TPSA) is 50.4 Å². The lowest BCUT2D eigenvalue weighted by Crippen LogP contribution is -2.26. The molecule has 1 fully saturated rings. The highest BCUT2D eigenvalue weighted by atomic mass is 16.5. The maximum Gasteiger partial charge on any atom is 0.255 e. The van der Waals surface area contributed by atoms with Gasteiger partial charge in [-0.3, -0.25) is 4.79 Å². The highest BCUT2D eigenvalue weighted by molar-refractivity contribution is 5.97. The first kappa shape index (κ1) is 13.4. The average Bonchev–Trinajstić information content (AvgIpc) is 3.29. The van der Waals surface area contributed by atoms with Crippen LogP contribution in [0.25, 0.3) is 0 Å². The Morgan fingerprint density at radius 2 is 2.30 bits per heavy atom. The second kappa shape index (κ2) is 5.83. The average molecular weight is 274 g/mol. The first-order valence-electron chi connectivity index (χ1n) is 7.58. The van der Waals surface area contributed by atoms with Crippen molar-refractivity contribution < 1.29 is 9.53 Å². The van der Waals surface area contributed by atoms with Crippen molar-refractivity contribution in [3.63, 3.8) is 0 Å². The van der Waals surface area contributed by atoms with Gasteiger partial charge in [0, 0.05) is 6.04 Å². The van der Waals surface area contributed by atoms with E-state index in [1.807, 2.05) is 12.1 Å². The molecule has 1 aliphatic heterocycles. The minimum absolute atomic E-state index is 0.0237. The van der Waals surface area contributed by atoms with E-state index in [1.165, 1.54) is 18.4 Å². The highest BCUT2D eigenvalue weighted by Crippen LogP contribution is 2.41. The first-order chi connectivity index (χ1) is 9.79. The Morgan fingerprint density at radius 3 is 3.05 bits per heavy atom. The second-order valence-corrected chi connectivity index (χ2v) is 5.63. The lowest BCUT2D eigenvalue weighted by Gasteiger charge is -2.19. The van der Waals surface area contributed by atoms with Gasteiger partial charge in [0.15, 0.2) is 0 Å². The number of rotatable bonds is 5. The number of fused-ring (bicyclic) bond motifs is 1. The first-order valence-corrected chi connectivity index (χ1v) is 7.58. The van der Waals surface area contributed by atoms with Crippen LogP contribution in [-0.4, -0.2) is 25.6 Å². The Kier molecular flexibility index (Phi) is 3.92. The van der Waals surface area contributed by atoms with Crippen LogP contribution >= 0.6 is 0 Å². The third-order valence-corrected chi connectivity index (χ3v) is 3.96. The Bertz CT molecular complexity index is 497. The van der Waals surface area contributed by atoms with Gasteiger partial charge in [0.1, 0.15) is 12.4 Å². The number of carbonyl (C=O) groups is 1. The summed E-state index contributed by atoms with van der Waals surface area (Å²) in [6, 6.07) is 6.42. The summed E-state index contributed by atoms with van der Waals surface area (Å²) < 4.78 is 5.61. The maximum atomic E-state index is 12.1. The van der Waals surface area contributed by atoms with E-state index >= 15 is 0 Å². The molecule has 2 N–H and O–H groups in total. The van der Waals surface area contributed by atoms with Crippen LogP contribution in [0.4, 0.5) is 0 Å². The SMILES string of the molecule is CCCNC(c1ccc2c(c1)C(=O)NCCO2)C1CC1. The molecule has 4 heteroatoms. The fourth-order valence-electron chi connectivity index (χ4n) is 2.75. The molecule has 1 amide bonds. The predicted molar refractivity (Wildman–Crippen MR) is 78.0 cm³/mol. The van der Waals surface area contributed by atoms with Crippen LogP contribution in [0.3, 0.4) is 0 Å². The summed E-state index contributed by atoms with van der Waals surface area (Å²) in [5.41, 5.74) is 1.88. The smallest absolute Gasteiger partial charge is 0.255 e. The van der Waals surface area contributed by atoms with Gasteiger partial charge in [0.25, 0.3) is 5.91 Å². The molecule has 1 unspecified atom stereocenters. The number of hydrogen-bond acceptors (Lipinski definition) is 3. The summed E-state index contributed by atoms with van der Waals surface area (Å²) in [5.74, 6) is 1.40. The fourth-order valence-corrected chi connectivity index (χ4v) is 2.75. The molecule has 2 aliphatic rings. The van der Waals surface area contributed by atoms with Gasteiger partial charge in [-0.05, 0) is 49.4 Å². The van der Waals surface area contributed by atoms with Gasteiger partial charge in [-0.2, -0.15) is 0 Å². The second-order valence-electron chi connectivity index (χ2n) is 5.63. The van der Waals surface area contributed by atoms with Crippen LogP contribution in [0.5, 0.6) is 5.75 Å². The van der Waals surface area contributed by atoms with Crippen LogP contribution < -0.4 is 15.4 Å². The zero-order chi connectivity index (χ0) is 13.9. The van der Waals surface area contributed by atoms with E-state index in [0.717, 1.165) is 13.0 Å². The van der Waals surface area contributed by atoms with E-state index < -0.39 is 0 Å². The maximum absolute atomic E-state index is 12.1. The van der Waals surface area contributed by atoms with Crippen molar-refractivity contribution in [2.45, 2.75) is 32.2 Å². The lowest BCUT2D eigenvalue weighted by atomic mass is 9.99. The zero-order valence-electron chi connectivity index (χ0n) is 11.9. The van der Waals surface area contributed by atoms with Gasteiger partial charge in [-0.15, -0.1) is 0 Å². The van der Waals surface area contributed by atoms with Crippen molar-refractivity contribution >= 4 is 5.91 Å². The van der Waals surface area contributed by atoms with Crippen LogP contribution in [0.1, 0.15) is 48.1 Å². The van der Waals surface area contributed by atoms with Crippen LogP contribution in [0, 0.1) is 5.92 Å². The molecule has 0 radical (unpaired) electrons. The third kappa shape index (κ3) is 2.80. The van der Waals surface area contributed by atoms with Gasteiger partial charge in [-0.1, -0.05) is 13.0 Å². The summed E-state index contributed by atoms with van der Waals surface area (Å²) >= 11 is 0. The molecule has 0 saturated heterocycles. The Balaban J connectivity index is 1.87. The van der Waals surface area contributed by atoms with Crippen molar-refractivity contribution in [1.29, 1.82) is 0 Å². The Labute approximate surface area is 119 Å². The summed E-state index contributed by atoms with van der Waals surface area (Å²) in [6.07, 6.45) is 3.68. The van der Waals surface area contributed by atoms with Crippen LogP contribution in [-0.2, 0) is 0 Å². The van der Waals surface area contributed by atoms with E-state index in [4.69, 9.17) is 4.74 Å². The molecule has 0 aromatic heterocycles. The fraction of sp³-hybridized carbons (Fsp3) is 0.562. The molecule has 3 rings (SSSR count). The summed E-state index contributed by atoms with van der Waals surface area (Å²) in [7, 11) is 0. The minimum atomic E-state index is -0.0237. The van der Waals surface area contributed by atoms with Gasteiger partial charge in [0.2, 0.25) is 0 Å².